The maximum atomic E-state index is 13.7. The summed E-state index contributed by atoms with van der Waals surface area (Å²) in [6.07, 6.45) is 4.30. The fourth-order valence-electron chi connectivity index (χ4n) is 4.34. The van der Waals surface area contributed by atoms with Gasteiger partial charge in [-0.05, 0) is 57.2 Å². The Morgan fingerprint density at radius 3 is 2.70 bits per heavy atom. The van der Waals surface area contributed by atoms with Gasteiger partial charge in [-0.1, -0.05) is 13.0 Å². The van der Waals surface area contributed by atoms with Crippen LogP contribution in [0, 0.1) is 13.8 Å². The molecule has 1 aromatic carbocycles. The Kier molecular flexibility index (Phi) is 6.04. The number of hydrogen-bond donors (Lipinski definition) is 2. The van der Waals surface area contributed by atoms with Crippen LogP contribution in [0.15, 0.2) is 29.1 Å². The Morgan fingerprint density at radius 2 is 2.00 bits per heavy atom. The highest BCUT2D eigenvalue weighted by molar-refractivity contribution is 7.92. The minimum Gasteiger partial charge on any atom is -0.330 e. The summed E-state index contributed by atoms with van der Waals surface area (Å²) in [6.45, 7) is 6.06. The van der Waals surface area contributed by atoms with Crippen molar-refractivity contribution in [2.75, 3.05) is 17.5 Å². The summed E-state index contributed by atoms with van der Waals surface area (Å²) in [5.41, 5.74) is 3.88. The van der Waals surface area contributed by atoms with Gasteiger partial charge in [0, 0.05) is 23.9 Å². The van der Waals surface area contributed by atoms with Gasteiger partial charge in [-0.3, -0.25) is 19.4 Å². The highest BCUT2D eigenvalue weighted by atomic mass is 32.2. The molecule has 1 aliphatic heterocycles. The Labute approximate surface area is 192 Å². The van der Waals surface area contributed by atoms with E-state index in [9.17, 15) is 18.0 Å². The van der Waals surface area contributed by atoms with Crippen LogP contribution in [0.1, 0.15) is 65.1 Å². The molecule has 0 radical (unpaired) electrons. The number of amides is 1. The van der Waals surface area contributed by atoms with Gasteiger partial charge in [-0.25, -0.2) is 17.9 Å². The summed E-state index contributed by atoms with van der Waals surface area (Å²) in [6, 6.07) is 6.76. The standard InChI is InChI=1S/C23H29N5O4S/c1-5-16-9-10-18(26-33(4,31)32)17(12-16)23(30)27-11-7-6-8-20(27)19-13-21-24-15(3)14(2)22(29)28(21)25-19/h9-10,12-13,20,25-26H,5-8,11H2,1-4H3. The van der Waals surface area contributed by atoms with Crippen molar-refractivity contribution in [2.45, 2.75) is 52.5 Å². The van der Waals surface area contributed by atoms with Gasteiger partial charge >= 0.3 is 0 Å². The molecule has 0 aliphatic carbocycles. The first-order valence-corrected chi connectivity index (χ1v) is 13.0. The molecule has 1 saturated heterocycles. The zero-order valence-corrected chi connectivity index (χ0v) is 20.1. The summed E-state index contributed by atoms with van der Waals surface area (Å²) in [5, 5.41) is 3.15. The van der Waals surface area contributed by atoms with E-state index in [1.54, 1.807) is 30.9 Å². The third kappa shape index (κ3) is 4.52. The molecule has 1 fully saturated rings. The molecule has 1 unspecified atom stereocenters. The van der Waals surface area contributed by atoms with Crippen LogP contribution in [-0.4, -0.2) is 46.6 Å². The lowest BCUT2D eigenvalue weighted by Crippen LogP contribution is -2.39. The molecule has 9 nitrogen and oxygen atoms in total. The molecular formula is C23H29N5O4S. The van der Waals surface area contributed by atoms with E-state index in [0.717, 1.165) is 43.2 Å². The van der Waals surface area contributed by atoms with Crippen molar-refractivity contribution in [3.63, 3.8) is 0 Å². The first-order valence-electron chi connectivity index (χ1n) is 11.1. The number of nitrogens with zero attached hydrogens (tertiary/aromatic N) is 3. The molecule has 2 N–H and O–H groups in total. The molecule has 10 heteroatoms. The maximum Gasteiger partial charge on any atom is 0.275 e. The first kappa shape index (κ1) is 23.0. The molecule has 0 spiro atoms. The monoisotopic (exact) mass is 471 g/mol. The number of aryl methyl sites for hydroxylation is 2. The number of carbonyl (C=O) groups is 1. The number of aromatic amines is 1. The average molecular weight is 472 g/mol. The van der Waals surface area contributed by atoms with Gasteiger partial charge in [0.15, 0.2) is 5.65 Å². The Hall–Kier alpha value is -3.14. The van der Waals surface area contributed by atoms with Crippen molar-refractivity contribution in [1.82, 2.24) is 19.5 Å². The molecule has 1 atom stereocenters. The fraction of sp³-hybridized carbons (Fsp3) is 0.435. The Balaban J connectivity index is 1.77. The zero-order chi connectivity index (χ0) is 23.9. The molecule has 1 amide bonds. The van der Waals surface area contributed by atoms with Gasteiger partial charge in [-0.2, -0.15) is 0 Å². The van der Waals surface area contributed by atoms with Crippen LogP contribution in [-0.2, 0) is 16.4 Å². The summed E-state index contributed by atoms with van der Waals surface area (Å²) in [4.78, 5) is 32.7. The van der Waals surface area contributed by atoms with E-state index in [-0.39, 0.29) is 23.2 Å². The number of piperidine rings is 1. The van der Waals surface area contributed by atoms with Crippen LogP contribution in [0.2, 0.25) is 0 Å². The van der Waals surface area contributed by atoms with Crippen molar-refractivity contribution in [3.05, 3.63) is 62.7 Å². The van der Waals surface area contributed by atoms with E-state index in [4.69, 9.17) is 0 Å². The quantitative estimate of drug-likeness (QED) is 0.593. The van der Waals surface area contributed by atoms with Crippen molar-refractivity contribution in [2.24, 2.45) is 0 Å². The molecule has 4 rings (SSSR count). The highest BCUT2D eigenvalue weighted by Crippen LogP contribution is 2.33. The minimum atomic E-state index is -3.55. The lowest BCUT2D eigenvalue weighted by atomic mass is 9.97. The third-order valence-electron chi connectivity index (χ3n) is 6.24. The summed E-state index contributed by atoms with van der Waals surface area (Å²) >= 11 is 0. The molecule has 3 heterocycles. The Morgan fingerprint density at radius 1 is 1.24 bits per heavy atom. The van der Waals surface area contributed by atoms with Gasteiger partial charge in [0.2, 0.25) is 10.0 Å². The predicted molar refractivity (Wildman–Crippen MR) is 127 cm³/mol. The van der Waals surface area contributed by atoms with Gasteiger partial charge in [0.25, 0.3) is 11.5 Å². The molecular weight excluding hydrogens is 442 g/mol. The zero-order valence-electron chi connectivity index (χ0n) is 19.3. The number of nitrogens with one attached hydrogen (secondary N) is 2. The number of hydrogen-bond acceptors (Lipinski definition) is 5. The topological polar surface area (TPSA) is 117 Å². The third-order valence-corrected chi connectivity index (χ3v) is 6.83. The highest BCUT2D eigenvalue weighted by Gasteiger charge is 2.32. The van der Waals surface area contributed by atoms with Gasteiger partial charge < -0.3 is 4.90 Å². The van der Waals surface area contributed by atoms with Crippen molar-refractivity contribution in [3.8, 4) is 0 Å². The summed E-state index contributed by atoms with van der Waals surface area (Å²) < 4.78 is 27.7. The number of sulfonamides is 1. The normalized spacial score (nSPS) is 16.8. The largest absolute Gasteiger partial charge is 0.330 e. The molecule has 0 saturated carbocycles. The van der Waals surface area contributed by atoms with Crippen LogP contribution in [0.5, 0.6) is 0 Å². The summed E-state index contributed by atoms with van der Waals surface area (Å²) in [5.74, 6) is -0.243. The first-order chi connectivity index (χ1) is 15.6. The fourth-order valence-corrected chi connectivity index (χ4v) is 4.92. The smallest absolute Gasteiger partial charge is 0.275 e. The van der Waals surface area contributed by atoms with Crippen LogP contribution in [0.25, 0.3) is 5.65 Å². The molecule has 0 bridgehead atoms. The molecule has 1 aliphatic rings. The number of anilines is 1. The van der Waals surface area contributed by atoms with Crippen LogP contribution in [0.3, 0.4) is 0 Å². The van der Waals surface area contributed by atoms with Crippen LogP contribution >= 0.6 is 0 Å². The van der Waals surface area contributed by atoms with E-state index < -0.39 is 10.0 Å². The van der Waals surface area contributed by atoms with Crippen molar-refractivity contribution >= 4 is 27.3 Å². The molecule has 33 heavy (non-hydrogen) atoms. The average Bonchev–Trinajstić information content (AvgIpc) is 3.20. The van der Waals surface area contributed by atoms with E-state index in [2.05, 4.69) is 14.8 Å². The second-order valence-electron chi connectivity index (χ2n) is 8.65. The molecule has 3 aromatic rings. The van der Waals surface area contributed by atoms with Gasteiger partial charge in [-0.15, -0.1) is 0 Å². The minimum absolute atomic E-state index is 0.160. The van der Waals surface area contributed by atoms with E-state index in [1.807, 2.05) is 19.1 Å². The molecule has 176 valence electrons. The number of fused-ring (bicyclic) bond motifs is 1. The Bertz CT molecular complexity index is 1390. The van der Waals surface area contributed by atoms with Crippen molar-refractivity contribution < 1.29 is 13.2 Å². The van der Waals surface area contributed by atoms with E-state index >= 15 is 0 Å². The number of carbonyl (C=O) groups excluding carboxylic acids is 1. The second-order valence-corrected chi connectivity index (χ2v) is 10.4. The number of likely N-dealkylation sites (tertiary alicyclic amines) is 1. The van der Waals surface area contributed by atoms with E-state index in [0.29, 0.717) is 29.0 Å². The van der Waals surface area contributed by atoms with Gasteiger partial charge in [0.1, 0.15) is 0 Å². The number of aromatic nitrogens is 3. The SMILES string of the molecule is CCc1ccc(NS(C)(=O)=O)c(C(=O)N2CCCCC2c2cc3nc(C)c(C)c(=O)n3[nH]2)c1. The predicted octanol–water partition coefficient (Wildman–Crippen LogP) is 2.94. The lowest BCUT2D eigenvalue weighted by Gasteiger charge is -2.35. The number of benzene rings is 1. The van der Waals surface area contributed by atoms with Gasteiger partial charge in [0.05, 0.1) is 29.2 Å². The molecule has 2 aromatic heterocycles. The number of rotatable bonds is 5. The summed E-state index contributed by atoms with van der Waals surface area (Å²) in [7, 11) is -3.55. The lowest BCUT2D eigenvalue weighted by molar-refractivity contribution is 0.0606. The van der Waals surface area contributed by atoms with Crippen molar-refractivity contribution in [1.29, 1.82) is 0 Å². The second kappa shape index (κ2) is 8.66. The van der Waals surface area contributed by atoms with Crippen LogP contribution in [0.4, 0.5) is 5.69 Å². The number of H-pyrrole nitrogens is 1. The van der Waals surface area contributed by atoms with Crippen LogP contribution < -0.4 is 10.3 Å². The maximum absolute atomic E-state index is 13.7. The van der Waals surface area contributed by atoms with E-state index in [1.165, 1.54) is 4.52 Å².